The van der Waals surface area contributed by atoms with E-state index in [9.17, 15) is 4.79 Å². The molecule has 82 valence electrons. The van der Waals surface area contributed by atoms with Crippen molar-refractivity contribution in [2.75, 3.05) is 0 Å². The smallest absolute Gasteiger partial charge is 0.166 e. The van der Waals surface area contributed by atoms with Crippen molar-refractivity contribution in [1.82, 2.24) is 9.78 Å². The van der Waals surface area contributed by atoms with Crippen LogP contribution in [0.5, 0.6) is 0 Å². The van der Waals surface area contributed by atoms with E-state index < -0.39 is 0 Å². The van der Waals surface area contributed by atoms with Gasteiger partial charge in [0, 0.05) is 18.7 Å². The Morgan fingerprint density at radius 2 is 2.20 bits per heavy atom. The average Bonchev–Trinajstić information content (AvgIpc) is 2.47. The molecule has 1 aliphatic rings. The summed E-state index contributed by atoms with van der Waals surface area (Å²) in [6.45, 7) is 7.34. The Morgan fingerprint density at radius 3 is 2.87 bits per heavy atom. The molecule has 3 heteroatoms. The number of nitrogens with zero attached hydrogens (tertiary/aromatic N) is 2. The highest BCUT2D eigenvalue weighted by atomic mass is 16.1. The van der Waals surface area contributed by atoms with Crippen molar-refractivity contribution < 1.29 is 4.79 Å². The fourth-order valence-corrected chi connectivity index (χ4v) is 2.28. The predicted octanol–water partition coefficient (Wildman–Crippen LogP) is 2.45. The number of Topliss-reactive ketones (excluding diaryl/α,β-unsaturated/α-hetero) is 1. The van der Waals surface area contributed by atoms with Gasteiger partial charge in [-0.25, -0.2) is 0 Å². The van der Waals surface area contributed by atoms with Crippen molar-refractivity contribution in [1.29, 1.82) is 0 Å². The minimum absolute atomic E-state index is 0.0929. The molecule has 0 saturated carbocycles. The summed E-state index contributed by atoms with van der Waals surface area (Å²) in [4.78, 5) is 11.9. The zero-order valence-electron chi connectivity index (χ0n) is 9.71. The third-order valence-corrected chi connectivity index (χ3v) is 2.97. The number of rotatable bonds is 2. The molecule has 0 fully saturated rings. The topological polar surface area (TPSA) is 34.9 Å². The first kappa shape index (κ1) is 10.4. The van der Waals surface area contributed by atoms with Crippen molar-refractivity contribution in [3.63, 3.8) is 0 Å². The molecular weight excluding hydrogens is 188 g/mol. The summed E-state index contributed by atoms with van der Waals surface area (Å²) in [5, 5.41) is 4.30. The van der Waals surface area contributed by atoms with Gasteiger partial charge in [-0.2, -0.15) is 5.10 Å². The molecule has 1 aromatic heterocycles. The van der Waals surface area contributed by atoms with Crippen LogP contribution in [0.4, 0.5) is 0 Å². The van der Waals surface area contributed by atoms with Gasteiger partial charge in [0.05, 0.1) is 11.8 Å². The lowest BCUT2D eigenvalue weighted by atomic mass is 9.76. The fraction of sp³-hybridized carbons (Fsp3) is 0.667. The molecular formula is C12H18N2O. The molecule has 2 rings (SSSR count). The number of carbonyl (C=O) groups is 1. The molecule has 1 aromatic rings. The third kappa shape index (κ3) is 1.83. The fourth-order valence-electron chi connectivity index (χ4n) is 2.28. The van der Waals surface area contributed by atoms with E-state index in [0.29, 0.717) is 6.42 Å². The zero-order valence-corrected chi connectivity index (χ0v) is 9.71. The summed E-state index contributed by atoms with van der Waals surface area (Å²) in [5.41, 5.74) is 2.08. The van der Waals surface area contributed by atoms with Gasteiger partial charge in [0.2, 0.25) is 0 Å². The molecule has 0 amide bonds. The molecule has 0 aliphatic heterocycles. The van der Waals surface area contributed by atoms with E-state index >= 15 is 0 Å². The first-order valence-corrected chi connectivity index (χ1v) is 5.61. The Balaban J connectivity index is 2.40. The Bertz CT molecular complexity index is 390. The monoisotopic (exact) mass is 206 g/mol. The number of fused-ring (bicyclic) bond motifs is 1. The largest absolute Gasteiger partial charge is 0.294 e. The van der Waals surface area contributed by atoms with E-state index in [1.54, 1.807) is 6.20 Å². The summed E-state index contributed by atoms with van der Waals surface area (Å²) >= 11 is 0. The maximum atomic E-state index is 11.9. The minimum atomic E-state index is 0.0929. The number of aryl methyl sites for hydroxylation is 1. The maximum absolute atomic E-state index is 11.9. The second-order valence-electron chi connectivity index (χ2n) is 5.17. The van der Waals surface area contributed by atoms with Gasteiger partial charge in [0.25, 0.3) is 0 Å². The van der Waals surface area contributed by atoms with Gasteiger partial charge in [-0.05, 0) is 18.3 Å². The van der Waals surface area contributed by atoms with Crippen LogP contribution in [-0.2, 0) is 13.0 Å². The first-order valence-electron chi connectivity index (χ1n) is 5.61. The lowest BCUT2D eigenvalue weighted by molar-refractivity contribution is 0.0910. The van der Waals surface area contributed by atoms with Crippen LogP contribution in [0, 0.1) is 5.41 Å². The molecule has 0 radical (unpaired) electrons. The lowest BCUT2D eigenvalue weighted by Gasteiger charge is -2.28. The molecule has 0 N–H and O–H groups in total. The van der Waals surface area contributed by atoms with Gasteiger partial charge in [0.1, 0.15) is 0 Å². The number of hydrogen-bond acceptors (Lipinski definition) is 2. The van der Waals surface area contributed by atoms with Crippen molar-refractivity contribution >= 4 is 5.78 Å². The van der Waals surface area contributed by atoms with Crippen LogP contribution < -0.4 is 0 Å². The van der Waals surface area contributed by atoms with E-state index in [2.05, 4.69) is 25.9 Å². The van der Waals surface area contributed by atoms with Crippen LogP contribution >= 0.6 is 0 Å². The first-order chi connectivity index (χ1) is 7.03. The van der Waals surface area contributed by atoms with E-state index in [-0.39, 0.29) is 11.2 Å². The maximum Gasteiger partial charge on any atom is 0.166 e. The Morgan fingerprint density at radius 1 is 1.47 bits per heavy atom. The van der Waals surface area contributed by atoms with Crippen molar-refractivity contribution in [3.05, 3.63) is 17.5 Å². The highest BCUT2D eigenvalue weighted by molar-refractivity contribution is 5.98. The standard InChI is InChI=1S/C12H18N2O/c1-4-5-14-10-6-12(2,3)7-11(15)9(10)8-13-14/h8H,4-7H2,1-3H3. The molecule has 0 unspecified atom stereocenters. The van der Waals surface area contributed by atoms with Crippen LogP contribution in [0.15, 0.2) is 6.20 Å². The average molecular weight is 206 g/mol. The van der Waals surface area contributed by atoms with Crippen LogP contribution in [-0.4, -0.2) is 15.6 Å². The second-order valence-corrected chi connectivity index (χ2v) is 5.17. The summed E-state index contributed by atoms with van der Waals surface area (Å²) in [5.74, 6) is 0.253. The Kier molecular flexibility index (Phi) is 2.41. The highest BCUT2D eigenvalue weighted by Gasteiger charge is 2.33. The zero-order chi connectivity index (χ0) is 11.1. The Hall–Kier alpha value is -1.12. The molecule has 0 atom stereocenters. The molecule has 0 bridgehead atoms. The van der Waals surface area contributed by atoms with Crippen LogP contribution in [0.1, 0.15) is 49.7 Å². The van der Waals surface area contributed by atoms with Crippen molar-refractivity contribution in [3.8, 4) is 0 Å². The molecule has 1 heterocycles. The quantitative estimate of drug-likeness (QED) is 0.745. The van der Waals surface area contributed by atoms with E-state index in [1.807, 2.05) is 4.68 Å². The van der Waals surface area contributed by atoms with Crippen LogP contribution in [0.2, 0.25) is 0 Å². The molecule has 15 heavy (non-hydrogen) atoms. The summed E-state index contributed by atoms with van der Waals surface area (Å²) < 4.78 is 1.99. The van der Waals surface area contributed by atoms with Crippen LogP contribution in [0.3, 0.4) is 0 Å². The highest BCUT2D eigenvalue weighted by Crippen LogP contribution is 2.34. The summed E-state index contributed by atoms with van der Waals surface area (Å²) in [6, 6.07) is 0. The minimum Gasteiger partial charge on any atom is -0.294 e. The van der Waals surface area contributed by atoms with E-state index in [1.165, 1.54) is 0 Å². The van der Waals surface area contributed by atoms with Crippen molar-refractivity contribution in [2.24, 2.45) is 5.41 Å². The van der Waals surface area contributed by atoms with Gasteiger partial charge in [-0.3, -0.25) is 9.48 Å². The molecule has 0 spiro atoms. The number of carbonyl (C=O) groups excluding carboxylic acids is 1. The van der Waals surface area contributed by atoms with Crippen molar-refractivity contribution in [2.45, 2.75) is 46.6 Å². The normalized spacial score (nSPS) is 19.0. The van der Waals surface area contributed by atoms with Gasteiger partial charge >= 0.3 is 0 Å². The third-order valence-electron chi connectivity index (χ3n) is 2.97. The van der Waals surface area contributed by atoms with E-state index in [0.717, 1.165) is 30.6 Å². The van der Waals surface area contributed by atoms with E-state index in [4.69, 9.17) is 0 Å². The summed E-state index contributed by atoms with van der Waals surface area (Å²) in [7, 11) is 0. The van der Waals surface area contributed by atoms with Gasteiger partial charge < -0.3 is 0 Å². The molecule has 1 aliphatic carbocycles. The van der Waals surface area contributed by atoms with Gasteiger partial charge in [-0.15, -0.1) is 0 Å². The molecule has 3 nitrogen and oxygen atoms in total. The SMILES string of the molecule is CCCn1ncc2c1CC(C)(C)CC2=O. The second kappa shape index (κ2) is 3.47. The number of hydrogen-bond donors (Lipinski definition) is 0. The molecule has 0 aromatic carbocycles. The Labute approximate surface area is 90.5 Å². The van der Waals surface area contributed by atoms with Gasteiger partial charge in [-0.1, -0.05) is 20.8 Å². The predicted molar refractivity (Wildman–Crippen MR) is 59.0 cm³/mol. The lowest BCUT2D eigenvalue weighted by Crippen LogP contribution is -2.28. The summed E-state index contributed by atoms with van der Waals surface area (Å²) in [6.07, 6.45) is 4.41. The number of ketones is 1. The molecule has 0 saturated heterocycles. The number of aromatic nitrogens is 2. The van der Waals surface area contributed by atoms with Gasteiger partial charge in [0.15, 0.2) is 5.78 Å². The van der Waals surface area contributed by atoms with Crippen LogP contribution in [0.25, 0.3) is 0 Å².